The Hall–Kier alpha value is 0.697. The first kappa shape index (κ1) is 29.9. The summed E-state index contributed by atoms with van der Waals surface area (Å²) in [7, 11) is 0. The van der Waals surface area contributed by atoms with E-state index in [1.807, 2.05) is 0 Å². The zero-order valence-electron chi connectivity index (χ0n) is 2.54. The second-order valence-electron chi connectivity index (χ2n) is 0.0680. The Balaban J connectivity index is -0.00000000667. The molecule has 0 aromatic heterocycles. The van der Waals surface area contributed by atoms with E-state index in [1.54, 1.807) is 4.75 Å². The van der Waals surface area contributed by atoms with Crippen LogP contribution in [0.15, 0.2) is 0 Å². The van der Waals surface area contributed by atoms with Gasteiger partial charge in [-0.15, -0.1) is 0 Å². The maximum atomic E-state index is 7.88. The molecule has 0 amide bonds. The van der Waals surface area contributed by atoms with Crippen LogP contribution in [0.5, 0.6) is 0 Å². The first-order valence-corrected chi connectivity index (χ1v) is 0.333. The zero-order valence-corrected chi connectivity index (χ0v) is 5.68. The van der Waals surface area contributed by atoms with Crippen molar-refractivity contribution in [2.75, 3.05) is 0 Å². The molecule has 0 spiro atoms. The first-order valence-electron chi connectivity index (χ1n) is 0.333. The summed E-state index contributed by atoms with van der Waals surface area (Å²) in [6, 6.07) is 0. The van der Waals surface area contributed by atoms with Crippen LogP contribution >= 0.6 is 0 Å². The van der Waals surface area contributed by atoms with Gasteiger partial charge < -0.3 is 11.0 Å². The van der Waals surface area contributed by atoms with Gasteiger partial charge in [-0.1, -0.05) is 10.2 Å². The van der Waals surface area contributed by atoms with E-state index in [9.17, 15) is 0 Å². The summed E-state index contributed by atoms with van der Waals surface area (Å²) in [6.07, 6.45) is 0. The number of hydrogen-bond acceptors (Lipinski definition) is 2. The minimum Gasteiger partial charge on any atom is -2.00 e. The fourth-order valence-electron chi connectivity index (χ4n) is 0. The molecule has 0 rings (SSSR count). The molecule has 0 aliphatic rings. The van der Waals surface area contributed by atoms with E-state index in [-0.39, 0.29) is 52.7 Å². The van der Waals surface area contributed by atoms with E-state index < -0.39 is 0 Å². The molecular formula is CeO5. The van der Waals surface area contributed by atoms with Crippen LogP contribution in [-0.4, -0.2) is 0 Å². The van der Waals surface area contributed by atoms with Crippen molar-refractivity contribution < 1.29 is 58.0 Å². The minimum atomic E-state index is 0. The third-order valence-electron chi connectivity index (χ3n) is 0. The maximum Gasteiger partial charge on any atom is 4.00 e. The standard InChI is InChI=1S/Ce.O3.2O/c;1-3-2;;/q+4;;2*-2. The van der Waals surface area contributed by atoms with Crippen LogP contribution in [0.2, 0.25) is 0 Å². The van der Waals surface area contributed by atoms with Gasteiger partial charge in [-0.3, -0.25) is 0 Å². The van der Waals surface area contributed by atoms with Crippen molar-refractivity contribution in [3.05, 3.63) is 9.71 Å². The Morgan fingerprint density at radius 1 is 1.33 bits per heavy atom. The van der Waals surface area contributed by atoms with Crippen LogP contribution < -0.4 is 5.26 Å². The van der Waals surface area contributed by atoms with Gasteiger partial charge >= 0.3 is 41.7 Å². The van der Waals surface area contributed by atoms with Crippen molar-refractivity contribution in [2.45, 2.75) is 0 Å². The van der Waals surface area contributed by atoms with Crippen LogP contribution in [0.25, 0.3) is 0 Å². The van der Waals surface area contributed by atoms with Gasteiger partial charge in [0.05, 0.1) is 0 Å². The fourth-order valence-corrected chi connectivity index (χ4v) is 0. The van der Waals surface area contributed by atoms with E-state index in [4.69, 9.17) is 10.2 Å². The Morgan fingerprint density at radius 2 is 1.33 bits per heavy atom. The molecule has 0 heterocycles. The van der Waals surface area contributed by atoms with Gasteiger partial charge in [-0.25, -0.2) is 0 Å². The third-order valence-corrected chi connectivity index (χ3v) is 0. The SMILES string of the molecule is O=[O+][O-].[Ce+4].[O-2].[O-2]. The Labute approximate surface area is 67.2 Å². The largest absolute Gasteiger partial charge is 4.00 e. The summed E-state index contributed by atoms with van der Waals surface area (Å²) >= 11 is 0. The molecule has 0 unspecified atom stereocenters. The maximum absolute atomic E-state index is 7.88. The molecule has 0 saturated carbocycles. The van der Waals surface area contributed by atoms with Gasteiger partial charge in [-0.2, -0.15) is 0 Å². The van der Waals surface area contributed by atoms with E-state index in [1.165, 1.54) is 0 Å². The predicted molar refractivity (Wildman–Crippen MR) is 8.11 cm³/mol. The predicted octanol–water partition coefficient (Wildman–Crippen LogP) is -1.36. The van der Waals surface area contributed by atoms with Crippen LogP contribution in [0, 0.1) is 51.5 Å². The fraction of sp³-hybridized carbons (Fsp3) is 0. The van der Waals surface area contributed by atoms with Crippen molar-refractivity contribution in [1.82, 2.24) is 0 Å². The molecule has 0 aromatic rings. The average molecular weight is 220 g/mol. The molecule has 6 heteroatoms. The Bertz CT molecular complexity index is 11.4. The summed E-state index contributed by atoms with van der Waals surface area (Å²) < 4.78 is 1.75. The van der Waals surface area contributed by atoms with Gasteiger partial charge in [0.2, 0.25) is 0 Å². The van der Waals surface area contributed by atoms with E-state index in [2.05, 4.69) is 0 Å². The summed E-state index contributed by atoms with van der Waals surface area (Å²) in [5.74, 6) is 0. The summed E-state index contributed by atoms with van der Waals surface area (Å²) in [4.78, 5) is 7.88. The molecule has 0 saturated heterocycles. The molecule has 0 atom stereocenters. The topological polar surface area (TPSA) is 108 Å². The molecule has 6 heavy (non-hydrogen) atoms. The second kappa shape index (κ2) is 43.7. The minimum absolute atomic E-state index is 0. The van der Waals surface area contributed by atoms with Gasteiger partial charge in [0, 0.05) is 0 Å². The first-order chi connectivity index (χ1) is 1.41. The summed E-state index contributed by atoms with van der Waals surface area (Å²) in [6.45, 7) is 0. The van der Waals surface area contributed by atoms with E-state index in [0.29, 0.717) is 0 Å². The van der Waals surface area contributed by atoms with Crippen molar-refractivity contribution in [3.8, 4) is 0 Å². The Morgan fingerprint density at radius 3 is 1.33 bits per heavy atom. The van der Waals surface area contributed by atoms with Gasteiger partial charge in [0.25, 0.3) is 0 Å². The summed E-state index contributed by atoms with van der Waals surface area (Å²) in [5, 5.41) is 7.88. The molecule has 0 fully saturated rings. The molecular weight excluding hydrogens is 220 g/mol. The summed E-state index contributed by atoms with van der Waals surface area (Å²) in [5.41, 5.74) is 0. The van der Waals surface area contributed by atoms with Crippen LogP contribution in [0.3, 0.4) is 0 Å². The molecule has 0 aliphatic heterocycles. The van der Waals surface area contributed by atoms with Crippen molar-refractivity contribution >= 4 is 0 Å². The van der Waals surface area contributed by atoms with E-state index in [0.717, 1.165) is 0 Å². The van der Waals surface area contributed by atoms with Crippen LogP contribution in [0.4, 0.5) is 0 Å². The monoisotopic (exact) mass is 220 g/mol. The second-order valence-corrected chi connectivity index (χ2v) is 0.0680. The van der Waals surface area contributed by atoms with E-state index >= 15 is 0 Å². The Kier molecular flexibility index (Phi) is 217. The van der Waals surface area contributed by atoms with Gasteiger partial charge in [-0.05, 0) is 0 Å². The van der Waals surface area contributed by atoms with Crippen LogP contribution in [0.1, 0.15) is 0 Å². The normalized spacial score (nSPS) is 2.00. The number of rotatable bonds is 0. The zero-order chi connectivity index (χ0) is 2.71. The quantitative estimate of drug-likeness (QED) is 0.285. The van der Waals surface area contributed by atoms with Crippen molar-refractivity contribution in [3.63, 3.8) is 0 Å². The number of hydrogen-bond donors (Lipinski definition) is 0. The molecule has 0 radical (unpaired) electrons. The molecule has 0 aliphatic carbocycles. The van der Waals surface area contributed by atoms with Gasteiger partial charge in [0.15, 0.2) is 4.75 Å². The molecule has 0 bridgehead atoms. The molecule has 34 valence electrons. The molecule has 5 nitrogen and oxygen atoms in total. The molecule has 0 N–H and O–H groups in total. The van der Waals surface area contributed by atoms with Gasteiger partial charge in [0.1, 0.15) is 0 Å². The molecule has 0 aromatic carbocycles. The van der Waals surface area contributed by atoms with Crippen molar-refractivity contribution in [2.24, 2.45) is 0 Å². The average Bonchev–Trinajstić information content (AvgIpc) is 0.918. The van der Waals surface area contributed by atoms with Crippen molar-refractivity contribution in [1.29, 1.82) is 0 Å². The smallest absolute Gasteiger partial charge is 2.00 e. The third kappa shape index (κ3) is 132. The van der Waals surface area contributed by atoms with Crippen LogP contribution in [-0.2, 0) is 11.0 Å².